The van der Waals surface area contributed by atoms with Gasteiger partial charge in [-0.3, -0.25) is 9.59 Å². The van der Waals surface area contributed by atoms with Crippen LogP contribution < -0.4 is 10.6 Å². The Morgan fingerprint density at radius 3 is 1.24 bits per heavy atom. The Morgan fingerprint density at radius 1 is 0.481 bits per heavy atom. The Balaban J connectivity index is 1.12. The van der Waals surface area contributed by atoms with Crippen molar-refractivity contribution in [2.75, 3.05) is 10.6 Å². The third kappa shape index (κ3) is 7.22. The van der Waals surface area contributed by atoms with E-state index >= 15 is 0 Å². The van der Waals surface area contributed by atoms with Gasteiger partial charge < -0.3 is 20.1 Å². The van der Waals surface area contributed by atoms with E-state index in [1.807, 2.05) is 48.5 Å². The van der Waals surface area contributed by atoms with Gasteiger partial charge in [0.15, 0.2) is 11.6 Å². The van der Waals surface area contributed by atoms with Crippen LogP contribution >= 0.6 is 0 Å². The summed E-state index contributed by atoms with van der Waals surface area (Å²) < 4.78 is 11.3. The summed E-state index contributed by atoms with van der Waals surface area (Å²) >= 11 is 0. The lowest BCUT2D eigenvalue weighted by Crippen LogP contribution is -2.23. The SMILES string of the molecule is C=Cc1ccc(COC(=O)c2ccccc2Nc2cccc3c2C(=O)c2cccc(Nc4ccccc4C(=O)OCc4ccc(C=C)cc4)c2C3=O)cc1. The van der Waals surface area contributed by atoms with Gasteiger partial charge in [0.2, 0.25) is 0 Å². The molecule has 2 N–H and O–H groups in total. The second-order valence-corrected chi connectivity index (χ2v) is 12.5. The van der Waals surface area contributed by atoms with Gasteiger partial charge in [-0.15, -0.1) is 0 Å². The summed E-state index contributed by atoms with van der Waals surface area (Å²) in [4.78, 5) is 55.0. The Labute approximate surface area is 312 Å². The highest BCUT2D eigenvalue weighted by Gasteiger charge is 2.34. The van der Waals surface area contributed by atoms with Crippen LogP contribution in [0.3, 0.4) is 0 Å². The molecular formula is C46H34N2O6. The number of ketones is 2. The standard InChI is InChI=1S/C46H34N2O6/c1-3-29-19-23-31(24-20-29)27-53-45(51)33-11-5-7-15-37(33)47-39-17-9-13-35-41(39)43(49)36-14-10-18-40(42(36)44(35)50)48-38-16-8-6-12-34(38)46(52)54-28-32-25-21-30(4-2)22-26-32/h3-26,47-48H,1-2,27-28H2. The van der Waals surface area contributed by atoms with Gasteiger partial charge in [-0.1, -0.05) is 122 Å². The van der Waals surface area contributed by atoms with E-state index in [4.69, 9.17) is 9.47 Å². The molecule has 0 saturated carbocycles. The van der Waals surface area contributed by atoms with E-state index in [0.717, 1.165) is 22.3 Å². The maximum Gasteiger partial charge on any atom is 0.340 e. The third-order valence-corrected chi connectivity index (χ3v) is 9.08. The molecule has 0 amide bonds. The summed E-state index contributed by atoms with van der Waals surface area (Å²) in [6.45, 7) is 7.66. The van der Waals surface area contributed by atoms with Gasteiger partial charge in [0.1, 0.15) is 13.2 Å². The van der Waals surface area contributed by atoms with Crippen LogP contribution in [0, 0.1) is 0 Å². The van der Waals surface area contributed by atoms with Gasteiger partial charge in [-0.25, -0.2) is 9.59 Å². The minimum atomic E-state index is -0.550. The second-order valence-electron chi connectivity index (χ2n) is 12.5. The van der Waals surface area contributed by atoms with Crippen molar-refractivity contribution in [3.63, 3.8) is 0 Å². The molecule has 6 aromatic carbocycles. The van der Waals surface area contributed by atoms with Crippen molar-refractivity contribution in [3.05, 3.63) is 202 Å². The van der Waals surface area contributed by atoms with Crippen molar-refractivity contribution in [3.8, 4) is 0 Å². The molecule has 264 valence electrons. The normalized spacial score (nSPS) is 11.5. The van der Waals surface area contributed by atoms with Crippen LogP contribution in [0.25, 0.3) is 12.2 Å². The number of nitrogens with one attached hydrogen (secondary N) is 2. The lowest BCUT2D eigenvalue weighted by atomic mass is 9.82. The van der Waals surface area contributed by atoms with Crippen molar-refractivity contribution >= 4 is 58.4 Å². The molecule has 0 aromatic heterocycles. The smallest absolute Gasteiger partial charge is 0.340 e. The minimum absolute atomic E-state index is 0.0714. The number of hydrogen-bond acceptors (Lipinski definition) is 8. The molecule has 0 spiro atoms. The summed E-state index contributed by atoms with van der Waals surface area (Å²) in [6, 6.07) is 38.6. The molecular weight excluding hydrogens is 677 g/mol. The number of rotatable bonds is 12. The first-order valence-electron chi connectivity index (χ1n) is 17.2. The average molecular weight is 711 g/mol. The number of ether oxygens (including phenoxy) is 2. The molecule has 0 bridgehead atoms. The van der Waals surface area contributed by atoms with Gasteiger partial charge in [-0.2, -0.15) is 0 Å². The molecule has 8 nitrogen and oxygen atoms in total. The molecule has 0 radical (unpaired) electrons. The Bertz CT molecular complexity index is 2280. The zero-order chi connectivity index (χ0) is 37.6. The van der Waals surface area contributed by atoms with Gasteiger partial charge >= 0.3 is 11.9 Å². The highest BCUT2D eigenvalue weighted by Crippen LogP contribution is 2.38. The maximum atomic E-state index is 14.2. The minimum Gasteiger partial charge on any atom is -0.457 e. The van der Waals surface area contributed by atoms with Crippen LogP contribution in [0.15, 0.2) is 147 Å². The van der Waals surface area contributed by atoms with Gasteiger partial charge in [-0.05, 0) is 58.7 Å². The van der Waals surface area contributed by atoms with Crippen LogP contribution in [-0.4, -0.2) is 23.5 Å². The predicted octanol–water partition coefficient (Wildman–Crippen LogP) is 9.95. The zero-order valence-electron chi connectivity index (χ0n) is 29.1. The van der Waals surface area contributed by atoms with Crippen LogP contribution in [0.1, 0.15) is 74.8 Å². The molecule has 0 unspecified atom stereocenters. The van der Waals surface area contributed by atoms with Crippen molar-refractivity contribution < 1.29 is 28.7 Å². The topological polar surface area (TPSA) is 111 Å². The van der Waals surface area contributed by atoms with E-state index in [9.17, 15) is 19.2 Å². The average Bonchev–Trinajstić information content (AvgIpc) is 3.21. The first kappa shape index (κ1) is 35.1. The zero-order valence-corrected chi connectivity index (χ0v) is 29.1. The van der Waals surface area contributed by atoms with Crippen molar-refractivity contribution in [2.45, 2.75) is 13.2 Å². The molecule has 8 heteroatoms. The van der Waals surface area contributed by atoms with Crippen LogP contribution in [0.2, 0.25) is 0 Å². The third-order valence-electron chi connectivity index (χ3n) is 9.08. The van der Waals surface area contributed by atoms with Gasteiger partial charge in [0.05, 0.1) is 45.0 Å². The van der Waals surface area contributed by atoms with Crippen LogP contribution in [-0.2, 0) is 22.7 Å². The van der Waals surface area contributed by atoms with Crippen molar-refractivity contribution in [1.82, 2.24) is 0 Å². The molecule has 0 atom stereocenters. The second kappa shape index (κ2) is 15.5. The number of esters is 2. The monoisotopic (exact) mass is 710 g/mol. The number of benzene rings is 6. The first-order valence-corrected chi connectivity index (χ1v) is 17.2. The Morgan fingerprint density at radius 2 is 0.852 bits per heavy atom. The molecule has 0 heterocycles. The summed E-state index contributed by atoms with van der Waals surface area (Å²) in [7, 11) is 0. The number of fused-ring (bicyclic) bond motifs is 2. The number of carbonyl (C=O) groups is 4. The van der Waals surface area contributed by atoms with E-state index in [1.165, 1.54) is 0 Å². The van der Waals surface area contributed by atoms with E-state index in [1.54, 1.807) is 97.1 Å². The highest BCUT2D eigenvalue weighted by molar-refractivity contribution is 6.32. The fourth-order valence-corrected chi connectivity index (χ4v) is 6.23. The molecule has 54 heavy (non-hydrogen) atoms. The fraction of sp³-hybridized carbons (Fsp3) is 0.0435. The summed E-state index contributed by atoms with van der Waals surface area (Å²) in [5, 5.41) is 6.45. The van der Waals surface area contributed by atoms with E-state index in [2.05, 4.69) is 23.8 Å². The molecule has 0 saturated heterocycles. The number of carbonyl (C=O) groups excluding carboxylic acids is 4. The number of anilines is 4. The van der Waals surface area contributed by atoms with E-state index in [0.29, 0.717) is 22.7 Å². The van der Waals surface area contributed by atoms with Gasteiger partial charge in [0, 0.05) is 11.1 Å². The quantitative estimate of drug-likeness (QED) is 0.121. The van der Waals surface area contributed by atoms with Crippen LogP contribution in [0.4, 0.5) is 22.7 Å². The van der Waals surface area contributed by atoms with E-state index in [-0.39, 0.29) is 58.2 Å². The maximum absolute atomic E-state index is 14.2. The lowest BCUT2D eigenvalue weighted by Gasteiger charge is -2.24. The van der Waals surface area contributed by atoms with Crippen molar-refractivity contribution in [2.24, 2.45) is 0 Å². The molecule has 1 aliphatic rings. The Hall–Kier alpha value is -7.32. The van der Waals surface area contributed by atoms with Crippen molar-refractivity contribution in [1.29, 1.82) is 0 Å². The van der Waals surface area contributed by atoms with Crippen LogP contribution in [0.5, 0.6) is 0 Å². The number of para-hydroxylation sites is 2. The molecule has 0 fully saturated rings. The fourth-order valence-electron chi connectivity index (χ4n) is 6.23. The predicted molar refractivity (Wildman–Crippen MR) is 211 cm³/mol. The molecule has 7 rings (SSSR count). The molecule has 6 aromatic rings. The van der Waals surface area contributed by atoms with Gasteiger partial charge in [0.25, 0.3) is 0 Å². The number of hydrogen-bond donors (Lipinski definition) is 2. The Kier molecular flexibility index (Phi) is 10.1. The first-order chi connectivity index (χ1) is 26.3. The van der Waals surface area contributed by atoms with E-state index < -0.39 is 11.9 Å². The molecule has 0 aliphatic heterocycles. The molecule has 1 aliphatic carbocycles. The largest absolute Gasteiger partial charge is 0.457 e. The summed E-state index contributed by atoms with van der Waals surface area (Å²) in [6.07, 6.45) is 3.47. The highest BCUT2D eigenvalue weighted by atomic mass is 16.5. The summed E-state index contributed by atoms with van der Waals surface area (Å²) in [5.74, 6) is -1.84. The lowest BCUT2D eigenvalue weighted by molar-refractivity contribution is 0.0465. The summed E-state index contributed by atoms with van der Waals surface area (Å²) in [5.41, 5.74) is 6.41.